The predicted octanol–water partition coefficient (Wildman–Crippen LogP) is 4.97. The number of aromatic nitrogens is 1. The van der Waals surface area contributed by atoms with Gasteiger partial charge in [0.25, 0.3) is 0 Å². The van der Waals surface area contributed by atoms with Crippen molar-refractivity contribution in [3.8, 4) is 0 Å². The van der Waals surface area contributed by atoms with E-state index in [2.05, 4.69) is 74.3 Å². The second kappa shape index (κ2) is 5.02. The van der Waals surface area contributed by atoms with Gasteiger partial charge in [-0.2, -0.15) is 0 Å². The molecule has 0 saturated carbocycles. The molecule has 0 aliphatic carbocycles. The minimum Gasteiger partial charge on any atom is -0.277 e. The molecule has 0 saturated heterocycles. The fourth-order valence-electron chi connectivity index (χ4n) is 3.35. The summed E-state index contributed by atoms with van der Waals surface area (Å²) < 4.78 is 0. The Morgan fingerprint density at radius 2 is 1.78 bits per heavy atom. The number of hydrogen-bond acceptors (Lipinski definition) is 2. The van der Waals surface area contributed by atoms with E-state index < -0.39 is 0 Å². The van der Waals surface area contributed by atoms with E-state index in [4.69, 9.17) is 4.99 Å². The Kier molecular flexibility index (Phi) is 3.08. The highest BCUT2D eigenvalue weighted by Gasteiger charge is 2.34. The van der Waals surface area contributed by atoms with Crippen LogP contribution < -0.4 is 0 Å². The van der Waals surface area contributed by atoms with E-state index in [-0.39, 0.29) is 5.54 Å². The van der Waals surface area contributed by atoms with Crippen LogP contribution in [0.25, 0.3) is 10.9 Å². The summed E-state index contributed by atoms with van der Waals surface area (Å²) in [6, 6.07) is 19.1. The van der Waals surface area contributed by atoms with Gasteiger partial charge in [-0.1, -0.05) is 49.4 Å². The Balaban J connectivity index is 1.95. The fraction of sp³-hybridized carbons (Fsp3) is 0.238. The molecular formula is C21H20N2. The Morgan fingerprint density at radius 1 is 0.957 bits per heavy atom. The third-order valence-electron chi connectivity index (χ3n) is 5.02. The van der Waals surface area contributed by atoms with Crippen LogP contribution in [0.15, 0.2) is 65.8 Å². The quantitative estimate of drug-likeness (QED) is 0.623. The average molecular weight is 300 g/mol. The van der Waals surface area contributed by atoms with Crippen molar-refractivity contribution in [2.24, 2.45) is 4.99 Å². The summed E-state index contributed by atoms with van der Waals surface area (Å²) in [5.41, 5.74) is 5.75. The molecule has 2 aromatic carbocycles. The molecule has 0 amide bonds. The summed E-state index contributed by atoms with van der Waals surface area (Å²) in [7, 11) is 0. The molecule has 1 aromatic heterocycles. The van der Waals surface area contributed by atoms with Crippen LogP contribution in [0.5, 0.6) is 0 Å². The van der Waals surface area contributed by atoms with Crippen molar-refractivity contribution in [3.63, 3.8) is 0 Å². The molecule has 3 aromatic rings. The van der Waals surface area contributed by atoms with E-state index in [0.29, 0.717) is 5.92 Å². The molecule has 23 heavy (non-hydrogen) atoms. The Hall–Kier alpha value is -2.48. The smallest absolute Gasteiger partial charge is 0.0729 e. The van der Waals surface area contributed by atoms with Gasteiger partial charge >= 0.3 is 0 Å². The standard InChI is InChI=1S/C21H20N2/c1-14-17-8-4-5-9-18(17)20(23-21(14,2)3)16-11-10-15-7-6-12-22-19(15)13-16/h4-14H,1-3H3. The maximum absolute atomic E-state index is 5.10. The minimum atomic E-state index is -0.108. The van der Waals surface area contributed by atoms with E-state index in [9.17, 15) is 0 Å². The topological polar surface area (TPSA) is 25.2 Å². The summed E-state index contributed by atoms with van der Waals surface area (Å²) in [6.07, 6.45) is 1.84. The van der Waals surface area contributed by atoms with E-state index in [1.165, 1.54) is 11.1 Å². The monoisotopic (exact) mass is 300 g/mol. The van der Waals surface area contributed by atoms with Crippen molar-refractivity contribution < 1.29 is 0 Å². The number of fused-ring (bicyclic) bond motifs is 2. The van der Waals surface area contributed by atoms with Gasteiger partial charge < -0.3 is 0 Å². The van der Waals surface area contributed by atoms with Gasteiger partial charge in [-0.25, -0.2) is 0 Å². The van der Waals surface area contributed by atoms with Gasteiger partial charge in [0.2, 0.25) is 0 Å². The van der Waals surface area contributed by atoms with Crippen LogP contribution >= 0.6 is 0 Å². The molecule has 0 N–H and O–H groups in total. The number of hydrogen-bond donors (Lipinski definition) is 0. The molecule has 0 bridgehead atoms. The van der Waals surface area contributed by atoms with E-state index in [1.807, 2.05) is 12.3 Å². The first-order chi connectivity index (χ1) is 11.1. The number of nitrogens with zero attached hydrogens (tertiary/aromatic N) is 2. The van der Waals surface area contributed by atoms with Crippen LogP contribution in [0, 0.1) is 0 Å². The lowest BCUT2D eigenvalue weighted by Crippen LogP contribution is -2.32. The highest BCUT2D eigenvalue weighted by Crippen LogP contribution is 2.38. The Bertz CT molecular complexity index is 922. The maximum atomic E-state index is 5.10. The minimum absolute atomic E-state index is 0.108. The molecule has 0 spiro atoms. The summed E-state index contributed by atoms with van der Waals surface area (Å²) in [5.74, 6) is 0.404. The molecule has 1 atom stereocenters. The fourth-order valence-corrected chi connectivity index (χ4v) is 3.35. The number of pyridine rings is 1. The lowest BCUT2D eigenvalue weighted by atomic mass is 9.77. The highest BCUT2D eigenvalue weighted by atomic mass is 14.9. The normalized spacial score (nSPS) is 19.3. The third-order valence-corrected chi connectivity index (χ3v) is 5.02. The van der Waals surface area contributed by atoms with Gasteiger partial charge in [0.1, 0.15) is 0 Å². The van der Waals surface area contributed by atoms with Crippen LogP contribution in [0.4, 0.5) is 0 Å². The van der Waals surface area contributed by atoms with Crippen LogP contribution in [-0.4, -0.2) is 16.2 Å². The SMILES string of the molecule is CC1c2ccccc2C(c2ccc3cccnc3c2)=NC1(C)C. The number of rotatable bonds is 1. The van der Waals surface area contributed by atoms with Crippen molar-refractivity contribution in [2.45, 2.75) is 32.2 Å². The zero-order valence-electron chi connectivity index (χ0n) is 13.7. The highest BCUT2D eigenvalue weighted by molar-refractivity contribution is 6.15. The molecule has 2 nitrogen and oxygen atoms in total. The van der Waals surface area contributed by atoms with E-state index in [0.717, 1.165) is 22.2 Å². The zero-order valence-corrected chi connectivity index (χ0v) is 13.7. The molecule has 2 heteroatoms. The van der Waals surface area contributed by atoms with Crippen LogP contribution in [0.2, 0.25) is 0 Å². The molecule has 4 rings (SSSR count). The van der Waals surface area contributed by atoms with Gasteiger partial charge in [-0.3, -0.25) is 9.98 Å². The predicted molar refractivity (Wildman–Crippen MR) is 96.3 cm³/mol. The molecule has 1 aliphatic heterocycles. The first-order valence-electron chi connectivity index (χ1n) is 8.10. The van der Waals surface area contributed by atoms with Crippen molar-refractivity contribution in [3.05, 3.63) is 77.5 Å². The van der Waals surface area contributed by atoms with Crippen molar-refractivity contribution in [2.75, 3.05) is 0 Å². The molecule has 114 valence electrons. The summed E-state index contributed by atoms with van der Waals surface area (Å²) >= 11 is 0. The molecule has 1 unspecified atom stereocenters. The van der Waals surface area contributed by atoms with Crippen LogP contribution in [0.1, 0.15) is 43.4 Å². The first kappa shape index (κ1) is 14.1. The molecular weight excluding hydrogens is 280 g/mol. The van der Waals surface area contributed by atoms with Gasteiger partial charge in [0.05, 0.1) is 16.8 Å². The zero-order chi connectivity index (χ0) is 16.0. The second-order valence-electron chi connectivity index (χ2n) is 6.83. The Morgan fingerprint density at radius 3 is 2.65 bits per heavy atom. The number of aliphatic imine (C=N–C) groups is 1. The molecule has 2 heterocycles. The molecule has 0 radical (unpaired) electrons. The Labute approximate surface area is 136 Å². The van der Waals surface area contributed by atoms with Crippen molar-refractivity contribution >= 4 is 16.6 Å². The molecule has 0 fully saturated rings. The van der Waals surface area contributed by atoms with Crippen molar-refractivity contribution in [1.29, 1.82) is 0 Å². The lowest BCUT2D eigenvalue weighted by Gasteiger charge is -2.35. The first-order valence-corrected chi connectivity index (χ1v) is 8.10. The molecule has 1 aliphatic rings. The lowest BCUT2D eigenvalue weighted by molar-refractivity contribution is 0.432. The van der Waals surface area contributed by atoms with Crippen LogP contribution in [-0.2, 0) is 0 Å². The van der Waals surface area contributed by atoms with Crippen molar-refractivity contribution in [1.82, 2.24) is 4.98 Å². The largest absolute Gasteiger partial charge is 0.277 e. The van der Waals surface area contributed by atoms with Crippen LogP contribution in [0.3, 0.4) is 0 Å². The summed E-state index contributed by atoms with van der Waals surface area (Å²) in [5, 5.41) is 1.16. The maximum Gasteiger partial charge on any atom is 0.0729 e. The second-order valence-corrected chi connectivity index (χ2v) is 6.83. The van der Waals surface area contributed by atoms with E-state index >= 15 is 0 Å². The third kappa shape index (κ3) is 2.26. The van der Waals surface area contributed by atoms with Gasteiger partial charge in [-0.05, 0) is 31.5 Å². The van der Waals surface area contributed by atoms with Gasteiger partial charge in [-0.15, -0.1) is 0 Å². The summed E-state index contributed by atoms with van der Waals surface area (Å²) in [6.45, 7) is 6.70. The average Bonchev–Trinajstić information content (AvgIpc) is 2.58. The summed E-state index contributed by atoms with van der Waals surface area (Å²) in [4.78, 5) is 9.59. The van der Waals surface area contributed by atoms with Gasteiger partial charge in [0, 0.05) is 28.6 Å². The number of benzene rings is 2. The van der Waals surface area contributed by atoms with E-state index in [1.54, 1.807) is 0 Å². The van der Waals surface area contributed by atoms with Gasteiger partial charge in [0.15, 0.2) is 0 Å².